The number of nitrogens with two attached hydrogens (primary N) is 1. The van der Waals surface area contributed by atoms with Gasteiger partial charge in [-0.25, -0.2) is 53.5 Å². The molecule has 0 aliphatic carbocycles. The van der Waals surface area contributed by atoms with Gasteiger partial charge in [0.15, 0.2) is 0 Å². The van der Waals surface area contributed by atoms with Crippen molar-refractivity contribution in [2.45, 2.75) is 57.8 Å². The smallest absolute Gasteiger partial charge is 0.355 e. The van der Waals surface area contributed by atoms with Gasteiger partial charge in [-0.1, -0.05) is 125 Å². The summed E-state index contributed by atoms with van der Waals surface area (Å²) in [5, 5.41) is 8.90. The maximum absolute atomic E-state index is 12.4. The molecule has 1 unspecified atom stereocenters. The number of esters is 1. The summed E-state index contributed by atoms with van der Waals surface area (Å²) in [6, 6.07) is 63.5. The summed E-state index contributed by atoms with van der Waals surface area (Å²) < 4.78 is 13.5. The molecule has 2 aliphatic heterocycles. The molecule has 2 aliphatic rings. The number of benzene rings is 8. The Morgan fingerprint density at radius 1 is 0.510 bits per heavy atom. The number of aliphatic imine (C=N–C) groups is 2. The van der Waals surface area contributed by atoms with Crippen LogP contribution in [0.15, 0.2) is 241 Å². The van der Waals surface area contributed by atoms with Crippen LogP contribution < -0.4 is 38.2 Å². The number of hydrogen-bond donors (Lipinski definition) is 6. The molecule has 0 amide bonds. The number of H-pyrrole nitrogens is 4. The highest BCUT2D eigenvalue weighted by Gasteiger charge is 2.32. The van der Waals surface area contributed by atoms with E-state index in [1.54, 1.807) is 43.3 Å². The zero-order valence-corrected chi connectivity index (χ0v) is 58.0. The number of carbonyl (C=O) groups excluding carboxylic acids is 1. The van der Waals surface area contributed by atoms with E-state index in [1.807, 2.05) is 174 Å². The Morgan fingerprint density at radius 3 is 1.67 bits per heavy atom. The third kappa shape index (κ3) is 12.6. The van der Waals surface area contributed by atoms with Gasteiger partial charge in [0.2, 0.25) is 41.1 Å². The number of nitrogens with one attached hydrogen (secondary N) is 5. The monoisotopic (exact) mass is 1400 g/mol. The number of aromatic amines is 4. The second-order valence-corrected chi connectivity index (χ2v) is 25.9. The van der Waals surface area contributed by atoms with Crippen molar-refractivity contribution in [3.05, 3.63) is 271 Å². The predicted molar refractivity (Wildman–Crippen MR) is 411 cm³/mol. The molecule has 516 valence electrons. The van der Waals surface area contributed by atoms with Gasteiger partial charge in [0.25, 0.3) is 22.2 Å². The molecule has 18 aromatic rings. The number of nitrogens with zero attached hydrogens (tertiary/aromatic N) is 14. The highest BCUT2D eigenvalue weighted by atomic mass is 32.2. The van der Waals surface area contributed by atoms with Crippen LogP contribution in [0.4, 0.5) is 11.4 Å². The molecular weight excluding hydrogens is 1330 g/mol. The van der Waals surface area contributed by atoms with Crippen LogP contribution >= 0.6 is 11.8 Å². The van der Waals surface area contributed by atoms with Crippen LogP contribution in [0.25, 0.3) is 106 Å². The van der Waals surface area contributed by atoms with Gasteiger partial charge in [-0.2, -0.15) is 0 Å². The van der Waals surface area contributed by atoms with Crippen LogP contribution in [-0.4, -0.2) is 110 Å². The van der Waals surface area contributed by atoms with Crippen molar-refractivity contribution < 1.29 is 9.53 Å². The largest absolute Gasteiger partial charge is 0.464 e. The van der Waals surface area contributed by atoms with Crippen LogP contribution in [0.3, 0.4) is 0 Å². The van der Waals surface area contributed by atoms with E-state index in [2.05, 4.69) is 126 Å². The van der Waals surface area contributed by atoms with Gasteiger partial charge in [0.1, 0.15) is 12.0 Å². The SMILES string of the molecule is CC(C)c1cc(=O)n2c(nc3cc4ccccc4cc32)[nH]1.COC(=O)c1cc(=O)[nH]c2nc3ccccc3n12.CSc1cc(C(C)C)nc2nc3ccccc3n12.Cc1cc(=O)n2c(nc3cc4ccccc4cc32)[nH]1.NC1=NC=NC2Nc3ccccc3N12.O=c1ccn2c(nc3ccccc32)[nH]1. The third-order valence-corrected chi connectivity index (χ3v) is 18.3. The molecule has 12 heterocycles. The fraction of sp³-hybridized carbons (Fsp3) is 0.130. The Bertz CT molecular complexity index is 6730. The van der Waals surface area contributed by atoms with Crippen molar-refractivity contribution in [2.24, 2.45) is 15.7 Å². The Labute approximate surface area is 593 Å². The van der Waals surface area contributed by atoms with E-state index in [1.165, 1.54) is 30.6 Å². The van der Waals surface area contributed by atoms with Crippen LogP contribution in [0, 0.1) is 6.92 Å². The molecular formula is C77H66N20O6S. The van der Waals surface area contributed by atoms with Crippen molar-refractivity contribution in [2.75, 3.05) is 23.6 Å². The highest BCUT2D eigenvalue weighted by molar-refractivity contribution is 7.98. The fourth-order valence-corrected chi connectivity index (χ4v) is 13.2. The first-order chi connectivity index (χ1) is 50.5. The lowest BCUT2D eigenvalue weighted by molar-refractivity contribution is 0.0592. The minimum absolute atomic E-state index is 0.0368. The van der Waals surface area contributed by atoms with E-state index >= 15 is 0 Å². The van der Waals surface area contributed by atoms with Crippen LogP contribution in [0.2, 0.25) is 0 Å². The number of imidazole rings is 5. The molecule has 0 bridgehead atoms. The average Bonchev–Trinajstić information content (AvgIpc) is 1.69. The van der Waals surface area contributed by atoms with Crippen molar-refractivity contribution >= 4 is 147 Å². The van der Waals surface area contributed by atoms with E-state index in [4.69, 9.17) is 5.73 Å². The first kappa shape index (κ1) is 66.3. The number of ether oxygens (including phenoxy) is 1. The number of hydrogen-bond acceptors (Lipinski definition) is 18. The quantitative estimate of drug-likeness (QED) is 0.0542. The van der Waals surface area contributed by atoms with Gasteiger partial charge in [0.05, 0.1) is 78.7 Å². The van der Waals surface area contributed by atoms with Crippen LogP contribution in [0.1, 0.15) is 67.1 Å². The molecule has 0 radical (unpaired) electrons. The number of para-hydroxylation sites is 8. The molecule has 26 nitrogen and oxygen atoms in total. The van der Waals surface area contributed by atoms with Crippen molar-refractivity contribution in [3.63, 3.8) is 0 Å². The number of guanidine groups is 1. The molecule has 0 spiro atoms. The van der Waals surface area contributed by atoms with Gasteiger partial charge in [-0.3, -0.25) is 47.2 Å². The molecule has 27 heteroatoms. The molecule has 10 aromatic heterocycles. The average molecular weight is 1400 g/mol. The molecule has 7 N–H and O–H groups in total. The molecule has 0 fully saturated rings. The Morgan fingerprint density at radius 2 is 1.04 bits per heavy atom. The summed E-state index contributed by atoms with van der Waals surface area (Å²) in [5.74, 6) is 3.49. The number of anilines is 2. The molecule has 8 aromatic carbocycles. The number of methoxy groups -OCH3 is 1. The van der Waals surface area contributed by atoms with Crippen LogP contribution in [0.5, 0.6) is 0 Å². The molecule has 1 atom stereocenters. The first-order valence-electron chi connectivity index (χ1n) is 33.2. The molecule has 104 heavy (non-hydrogen) atoms. The topological polar surface area (TPSA) is 323 Å². The second-order valence-electron chi connectivity index (χ2n) is 25.1. The Hall–Kier alpha value is -13.6. The normalized spacial score (nSPS) is 13.0. The highest BCUT2D eigenvalue weighted by Crippen LogP contribution is 2.35. The number of aromatic nitrogens is 15. The van der Waals surface area contributed by atoms with Gasteiger partial charge >= 0.3 is 5.97 Å². The number of thioether (sulfide) groups is 1. The lowest BCUT2D eigenvalue weighted by Crippen LogP contribution is -2.45. The van der Waals surface area contributed by atoms with Crippen molar-refractivity contribution in [3.8, 4) is 0 Å². The van der Waals surface area contributed by atoms with Gasteiger partial charge in [-0.15, -0.1) is 11.8 Å². The molecule has 20 rings (SSSR count). The van der Waals surface area contributed by atoms with E-state index < -0.39 is 11.5 Å². The summed E-state index contributed by atoms with van der Waals surface area (Å²) in [6.07, 6.45) is 5.16. The number of fused-ring (bicyclic) bond motifs is 20. The Kier molecular flexibility index (Phi) is 17.6. The van der Waals surface area contributed by atoms with E-state index in [0.717, 1.165) is 105 Å². The van der Waals surface area contributed by atoms with Gasteiger partial charge < -0.3 is 25.8 Å². The minimum Gasteiger partial charge on any atom is -0.464 e. The summed E-state index contributed by atoms with van der Waals surface area (Å²) in [5.41, 5.74) is 19.0. The molecule has 0 saturated carbocycles. The second kappa shape index (κ2) is 27.5. The predicted octanol–water partition coefficient (Wildman–Crippen LogP) is 12.5. The zero-order valence-electron chi connectivity index (χ0n) is 57.1. The summed E-state index contributed by atoms with van der Waals surface area (Å²) in [6.45, 7) is 10.3. The summed E-state index contributed by atoms with van der Waals surface area (Å²) in [7, 11) is 1.27. The van der Waals surface area contributed by atoms with E-state index in [0.29, 0.717) is 40.5 Å². The summed E-state index contributed by atoms with van der Waals surface area (Å²) >= 11 is 1.73. The minimum atomic E-state index is -0.575. The lowest BCUT2D eigenvalue weighted by atomic mass is 10.1. The first-order valence-corrected chi connectivity index (χ1v) is 34.4. The van der Waals surface area contributed by atoms with Gasteiger partial charge in [-0.05, 0) is 125 Å². The lowest BCUT2D eigenvalue weighted by Gasteiger charge is -2.24. The Balaban J connectivity index is 0.000000101. The van der Waals surface area contributed by atoms with E-state index in [-0.39, 0.29) is 34.6 Å². The summed E-state index contributed by atoms with van der Waals surface area (Å²) in [4.78, 5) is 107. The van der Waals surface area contributed by atoms with Gasteiger partial charge in [0, 0.05) is 47.5 Å². The van der Waals surface area contributed by atoms with E-state index in [9.17, 15) is 24.0 Å². The van der Waals surface area contributed by atoms with Crippen molar-refractivity contribution in [1.29, 1.82) is 0 Å². The number of carbonyl (C=O) groups is 1. The van der Waals surface area contributed by atoms with Crippen molar-refractivity contribution in [1.82, 2.24) is 71.8 Å². The number of aryl methyl sites for hydroxylation is 1. The zero-order chi connectivity index (χ0) is 72.0. The number of rotatable bonds is 4. The standard InChI is InChI=1S/C17H15N3O.C15H11N3O.C14H15N3S.C12H9N3O3.C10H7N3O.C9H9N5/c1-10(2)13-9-16(21)20-15-8-12-6-4-3-5-11(12)7-14(15)19-17(20)18-13;1-9-6-14(19)18-13-8-11-5-3-2-4-10(11)7-12(13)17-15(18)16-9;1-9(2)11-8-13(18-3)17-12-7-5-4-6-10(12)15-14(17)16-11;1-18-11(17)9-6-10(16)14-12-13-7-4-2-3-5-8(7)15(9)12;14-9-5-6-13-8-4-2-1-3-7(8)11-10(13)12-9;10-8-11-5-12-9-13-6-3-1-2-4-7(6)14(8)9/h3-10H,1-2H3,(H,18,19);2-8H,1H3,(H,16,17);4-9H,1-3H3;2-6H,1H3,(H,13,14,16);1-6H,(H,11,12,14);1-5,9,13H,(H2,10,11,12). The third-order valence-electron chi connectivity index (χ3n) is 17.6. The maximum atomic E-state index is 12.4. The molecule has 0 saturated heterocycles. The van der Waals surface area contributed by atoms with Crippen LogP contribution in [-0.2, 0) is 4.74 Å². The fourth-order valence-electron chi connectivity index (χ4n) is 12.6. The maximum Gasteiger partial charge on any atom is 0.355 e.